The zero-order valence-corrected chi connectivity index (χ0v) is 13.6. The summed E-state index contributed by atoms with van der Waals surface area (Å²) in [5, 5.41) is 0. The maximum absolute atomic E-state index is 11.8. The minimum Gasteiger partial charge on any atom is -0.469 e. The van der Waals surface area contributed by atoms with Gasteiger partial charge in [-0.05, 0) is 24.0 Å². The molecule has 120 valence electrons. The molecule has 0 amide bonds. The molecule has 23 heavy (non-hydrogen) atoms. The molecule has 1 saturated carbocycles. The van der Waals surface area contributed by atoms with E-state index in [-0.39, 0.29) is 11.5 Å². The number of methoxy groups -OCH3 is 1. The second-order valence-corrected chi connectivity index (χ2v) is 6.30. The summed E-state index contributed by atoms with van der Waals surface area (Å²) in [6, 6.07) is 20.9. The van der Waals surface area contributed by atoms with E-state index in [0.717, 1.165) is 25.9 Å². The first-order valence-electron chi connectivity index (χ1n) is 8.12. The number of esters is 1. The van der Waals surface area contributed by atoms with Crippen molar-refractivity contribution < 1.29 is 9.53 Å². The van der Waals surface area contributed by atoms with Crippen LogP contribution in [0.5, 0.6) is 0 Å². The van der Waals surface area contributed by atoms with E-state index in [1.165, 1.54) is 18.2 Å². The predicted octanol–water partition coefficient (Wildman–Crippen LogP) is 3.78. The quantitative estimate of drug-likeness (QED) is 0.729. The lowest BCUT2D eigenvalue weighted by Crippen LogP contribution is -2.38. The van der Waals surface area contributed by atoms with Gasteiger partial charge in [-0.3, -0.25) is 9.69 Å². The second-order valence-electron chi connectivity index (χ2n) is 6.30. The smallest absolute Gasteiger partial charge is 0.307 e. The first kappa shape index (κ1) is 15.8. The zero-order valence-electron chi connectivity index (χ0n) is 13.6. The molecule has 3 heteroatoms. The van der Waals surface area contributed by atoms with Gasteiger partial charge in [-0.15, -0.1) is 0 Å². The number of rotatable bonds is 7. The van der Waals surface area contributed by atoms with Crippen LogP contribution < -0.4 is 0 Å². The molecule has 1 fully saturated rings. The summed E-state index contributed by atoms with van der Waals surface area (Å²) in [7, 11) is 1.47. The lowest BCUT2D eigenvalue weighted by Gasteiger charge is -2.31. The molecule has 1 aliphatic carbocycles. The van der Waals surface area contributed by atoms with Crippen molar-refractivity contribution in [3.8, 4) is 0 Å². The Bertz CT molecular complexity index is 594. The molecule has 0 N–H and O–H groups in total. The predicted molar refractivity (Wildman–Crippen MR) is 90.7 cm³/mol. The van der Waals surface area contributed by atoms with Crippen LogP contribution in [0.25, 0.3) is 0 Å². The van der Waals surface area contributed by atoms with E-state index in [1.807, 2.05) is 12.1 Å². The standard InChI is InChI=1S/C20H23NO2/c1-23-19(22)14-20(12-13-20)21(15-17-8-4-2-5-9-17)16-18-10-6-3-7-11-18/h2-11H,12-16H2,1H3. The molecule has 2 aromatic carbocycles. The Morgan fingerprint density at radius 2 is 1.43 bits per heavy atom. The van der Waals surface area contributed by atoms with Gasteiger partial charge >= 0.3 is 5.97 Å². The van der Waals surface area contributed by atoms with Crippen LogP contribution in [0.2, 0.25) is 0 Å². The van der Waals surface area contributed by atoms with E-state index in [0.29, 0.717) is 6.42 Å². The van der Waals surface area contributed by atoms with Crippen LogP contribution in [-0.4, -0.2) is 23.5 Å². The Kier molecular flexibility index (Phi) is 4.77. The van der Waals surface area contributed by atoms with Crippen molar-refractivity contribution >= 4 is 5.97 Å². The third-order valence-electron chi connectivity index (χ3n) is 4.63. The molecule has 3 rings (SSSR count). The highest BCUT2D eigenvalue weighted by Gasteiger charge is 2.49. The highest BCUT2D eigenvalue weighted by molar-refractivity contribution is 5.71. The van der Waals surface area contributed by atoms with Crippen LogP contribution in [-0.2, 0) is 22.6 Å². The monoisotopic (exact) mass is 309 g/mol. The van der Waals surface area contributed by atoms with Crippen LogP contribution in [0.1, 0.15) is 30.4 Å². The van der Waals surface area contributed by atoms with Gasteiger partial charge in [0.15, 0.2) is 0 Å². The van der Waals surface area contributed by atoms with Gasteiger partial charge in [-0.25, -0.2) is 0 Å². The average Bonchev–Trinajstić information content (AvgIpc) is 3.37. The van der Waals surface area contributed by atoms with Crippen LogP contribution in [0.15, 0.2) is 60.7 Å². The molecule has 0 spiro atoms. The number of benzene rings is 2. The molecule has 0 atom stereocenters. The molecular weight excluding hydrogens is 286 g/mol. The normalized spacial score (nSPS) is 15.4. The molecule has 0 heterocycles. The Hall–Kier alpha value is -2.13. The molecule has 3 nitrogen and oxygen atoms in total. The molecular formula is C20H23NO2. The van der Waals surface area contributed by atoms with Crippen molar-refractivity contribution in [1.29, 1.82) is 0 Å². The van der Waals surface area contributed by atoms with Gasteiger partial charge in [0, 0.05) is 18.6 Å². The fraction of sp³-hybridized carbons (Fsp3) is 0.350. The van der Waals surface area contributed by atoms with Gasteiger partial charge in [0.05, 0.1) is 13.5 Å². The van der Waals surface area contributed by atoms with Crippen LogP contribution >= 0.6 is 0 Å². The van der Waals surface area contributed by atoms with Crippen molar-refractivity contribution in [3.63, 3.8) is 0 Å². The number of carbonyl (C=O) groups is 1. The lowest BCUT2D eigenvalue weighted by atomic mass is 10.1. The van der Waals surface area contributed by atoms with Crippen molar-refractivity contribution in [2.75, 3.05) is 7.11 Å². The summed E-state index contributed by atoms with van der Waals surface area (Å²) in [5.41, 5.74) is 2.51. The van der Waals surface area contributed by atoms with E-state index in [1.54, 1.807) is 0 Å². The van der Waals surface area contributed by atoms with Crippen molar-refractivity contribution in [3.05, 3.63) is 71.8 Å². The van der Waals surface area contributed by atoms with E-state index >= 15 is 0 Å². The molecule has 1 aliphatic rings. The Labute approximate surface area is 137 Å². The average molecular weight is 309 g/mol. The van der Waals surface area contributed by atoms with E-state index in [4.69, 9.17) is 4.74 Å². The van der Waals surface area contributed by atoms with Crippen molar-refractivity contribution in [1.82, 2.24) is 4.90 Å². The maximum atomic E-state index is 11.8. The molecule has 0 aliphatic heterocycles. The van der Waals surface area contributed by atoms with E-state index in [9.17, 15) is 4.79 Å². The molecule has 0 aromatic heterocycles. The SMILES string of the molecule is COC(=O)CC1(N(Cc2ccccc2)Cc2ccccc2)CC1. The maximum Gasteiger partial charge on any atom is 0.307 e. The summed E-state index contributed by atoms with van der Waals surface area (Å²) in [6.45, 7) is 1.71. The Morgan fingerprint density at radius 1 is 0.957 bits per heavy atom. The fourth-order valence-corrected chi connectivity index (χ4v) is 3.09. The van der Waals surface area contributed by atoms with Crippen LogP contribution in [0, 0.1) is 0 Å². The summed E-state index contributed by atoms with van der Waals surface area (Å²) >= 11 is 0. The Balaban J connectivity index is 1.80. The van der Waals surface area contributed by atoms with E-state index < -0.39 is 0 Å². The number of ether oxygens (including phenoxy) is 1. The van der Waals surface area contributed by atoms with Gasteiger partial charge < -0.3 is 4.74 Å². The first-order chi connectivity index (χ1) is 11.2. The highest BCUT2D eigenvalue weighted by Crippen LogP contribution is 2.46. The highest BCUT2D eigenvalue weighted by atomic mass is 16.5. The lowest BCUT2D eigenvalue weighted by molar-refractivity contribution is -0.142. The van der Waals surface area contributed by atoms with Gasteiger partial charge in [-0.1, -0.05) is 60.7 Å². The van der Waals surface area contributed by atoms with Crippen LogP contribution in [0.4, 0.5) is 0 Å². The number of carbonyl (C=O) groups excluding carboxylic acids is 1. The molecule has 0 saturated heterocycles. The third kappa shape index (κ3) is 3.99. The minimum absolute atomic E-state index is 0.0429. The Morgan fingerprint density at radius 3 is 1.83 bits per heavy atom. The zero-order chi connectivity index (χ0) is 16.1. The largest absolute Gasteiger partial charge is 0.469 e. The van der Waals surface area contributed by atoms with Gasteiger partial charge in [0.1, 0.15) is 0 Å². The van der Waals surface area contributed by atoms with Crippen molar-refractivity contribution in [2.24, 2.45) is 0 Å². The molecule has 0 radical (unpaired) electrons. The summed E-state index contributed by atoms with van der Waals surface area (Å²) in [4.78, 5) is 14.3. The summed E-state index contributed by atoms with van der Waals surface area (Å²) in [5.74, 6) is -0.117. The molecule has 0 unspecified atom stereocenters. The number of nitrogens with zero attached hydrogens (tertiary/aromatic N) is 1. The minimum atomic E-state index is -0.117. The first-order valence-corrected chi connectivity index (χ1v) is 8.12. The number of hydrogen-bond acceptors (Lipinski definition) is 3. The van der Waals surface area contributed by atoms with Crippen molar-refractivity contribution in [2.45, 2.75) is 37.9 Å². The van der Waals surface area contributed by atoms with E-state index in [2.05, 4.69) is 53.4 Å². The third-order valence-corrected chi connectivity index (χ3v) is 4.63. The number of hydrogen-bond donors (Lipinski definition) is 0. The van der Waals surface area contributed by atoms with Gasteiger partial charge in [0.25, 0.3) is 0 Å². The fourth-order valence-electron chi connectivity index (χ4n) is 3.09. The van der Waals surface area contributed by atoms with Crippen LogP contribution in [0.3, 0.4) is 0 Å². The second kappa shape index (κ2) is 6.97. The molecule has 2 aromatic rings. The topological polar surface area (TPSA) is 29.5 Å². The summed E-state index contributed by atoms with van der Waals surface area (Å²) < 4.78 is 4.91. The molecule has 0 bridgehead atoms. The van der Waals surface area contributed by atoms with Gasteiger partial charge in [0.2, 0.25) is 0 Å². The van der Waals surface area contributed by atoms with Gasteiger partial charge in [-0.2, -0.15) is 0 Å². The summed E-state index contributed by atoms with van der Waals surface area (Å²) in [6.07, 6.45) is 2.59.